The SMILES string of the molecule is CC1(CCNC2CS(=O)(=O)C2)OCCO1. The number of hydrogen-bond donors (Lipinski definition) is 1. The molecule has 2 heterocycles. The fourth-order valence-electron chi connectivity index (χ4n) is 1.89. The second kappa shape index (κ2) is 4.01. The minimum absolute atomic E-state index is 0.125. The Kier molecular flexibility index (Phi) is 3.03. The molecule has 0 saturated carbocycles. The summed E-state index contributed by atoms with van der Waals surface area (Å²) in [6.45, 7) is 3.94. The molecule has 0 aromatic heterocycles. The van der Waals surface area contributed by atoms with Gasteiger partial charge in [-0.2, -0.15) is 0 Å². The lowest BCUT2D eigenvalue weighted by Gasteiger charge is -2.29. The molecule has 2 saturated heterocycles. The first kappa shape index (κ1) is 11.3. The van der Waals surface area contributed by atoms with E-state index in [0.29, 0.717) is 13.2 Å². The Morgan fingerprint density at radius 2 is 1.93 bits per heavy atom. The summed E-state index contributed by atoms with van der Waals surface area (Å²) in [6.07, 6.45) is 0.754. The van der Waals surface area contributed by atoms with Crippen LogP contribution in [0.4, 0.5) is 0 Å². The van der Waals surface area contributed by atoms with Gasteiger partial charge in [-0.25, -0.2) is 8.42 Å². The second-order valence-corrected chi connectivity index (χ2v) is 6.46. The van der Waals surface area contributed by atoms with Crippen LogP contribution in [-0.2, 0) is 19.3 Å². The first-order valence-electron chi connectivity index (χ1n) is 5.21. The summed E-state index contributed by atoms with van der Waals surface area (Å²) < 4.78 is 32.6. The van der Waals surface area contributed by atoms with Crippen molar-refractivity contribution < 1.29 is 17.9 Å². The maximum atomic E-state index is 10.9. The quantitative estimate of drug-likeness (QED) is 0.713. The van der Waals surface area contributed by atoms with Crippen molar-refractivity contribution in [3.63, 3.8) is 0 Å². The third-order valence-corrected chi connectivity index (χ3v) is 4.64. The van der Waals surface area contributed by atoms with E-state index in [2.05, 4.69) is 5.32 Å². The van der Waals surface area contributed by atoms with Crippen molar-refractivity contribution in [3.05, 3.63) is 0 Å². The highest BCUT2D eigenvalue weighted by molar-refractivity contribution is 7.92. The molecule has 0 bridgehead atoms. The Hall–Kier alpha value is -0.170. The molecule has 2 rings (SSSR count). The summed E-state index contributed by atoms with van der Waals surface area (Å²) in [7, 11) is -2.72. The van der Waals surface area contributed by atoms with Crippen LogP contribution < -0.4 is 5.32 Å². The van der Waals surface area contributed by atoms with Crippen molar-refractivity contribution in [3.8, 4) is 0 Å². The zero-order valence-corrected chi connectivity index (χ0v) is 9.68. The van der Waals surface area contributed by atoms with Gasteiger partial charge in [-0.1, -0.05) is 0 Å². The maximum absolute atomic E-state index is 10.9. The highest BCUT2D eigenvalue weighted by atomic mass is 32.2. The maximum Gasteiger partial charge on any atom is 0.166 e. The molecule has 6 heteroatoms. The Morgan fingerprint density at radius 1 is 1.33 bits per heavy atom. The van der Waals surface area contributed by atoms with Crippen LogP contribution >= 0.6 is 0 Å². The number of ether oxygens (including phenoxy) is 2. The molecule has 0 unspecified atom stereocenters. The molecule has 0 aromatic carbocycles. The van der Waals surface area contributed by atoms with E-state index in [4.69, 9.17) is 9.47 Å². The zero-order chi connectivity index (χ0) is 10.9. The minimum atomic E-state index is -2.72. The molecule has 2 aliphatic heterocycles. The smallest absolute Gasteiger partial charge is 0.166 e. The molecule has 0 spiro atoms. The number of sulfone groups is 1. The van der Waals surface area contributed by atoms with Crippen LogP contribution in [0.1, 0.15) is 13.3 Å². The van der Waals surface area contributed by atoms with Crippen LogP contribution in [0.5, 0.6) is 0 Å². The lowest BCUT2D eigenvalue weighted by Crippen LogP contribution is -2.51. The Morgan fingerprint density at radius 3 is 2.47 bits per heavy atom. The van der Waals surface area contributed by atoms with Crippen LogP contribution in [0.25, 0.3) is 0 Å². The van der Waals surface area contributed by atoms with E-state index in [1.807, 2.05) is 6.92 Å². The van der Waals surface area contributed by atoms with Gasteiger partial charge in [0.15, 0.2) is 15.6 Å². The molecule has 0 aliphatic carbocycles. The van der Waals surface area contributed by atoms with Crippen LogP contribution in [-0.4, -0.2) is 51.5 Å². The molecule has 5 nitrogen and oxygen atoms in total. The normalized spacial score (nSPS) is 28.9. The monoisotopic (exact) mass is 235 g/mol. The molecule has 15 heavy (non-hydrogen) atoms. The van der Waals surface area contributed by atoms with Crippen LogP contribution in [0.2, 0.25) is 0 Å². The Balaban J connectivity index is 1.63. The topological polar surface area (TPSA) is 64.6 Å². The fraction of sp³-hybridized carbons (Fsp3) is 1.00. The van der Waals surface area contributed by atoms with Crippen molar-refractivity contribution in [1.29, 1.82) is 0 Å². The van der Waals surface area contributed by atoms with Gasteiger partial charge in [0.1, 0.15) is 0 Å². The molecule has 0 atom stereocenters. The van der Waals surface area contributed by atoms with Crippen molar-refractivity contribution in [2.45, 2.75) is 25.2 Å². The van der Waals surface area contributed by atoms with Gasteiger partial charge >= 0.3 is 0 Å². The summed E-state index contributed by atoms with van der Waals surface area (Å²) in [5.74, 6) is 0.0620. The van der Waals surface area contributed by atoms with Crippen molar-refractivity contribution in [2.75, 3.05) is 31.3 Å². The summed E-state index contributed by atoms with van der Waals surface area (Å²) in [4.78, 5) is 0. The van der Waals surface area contributed by atoms with Gasteiger partial charge in [-0.15, -0.1) is 0 Å². The van der Waals surface area contributed by atoms with E-state index >= 15 is 0 Å². The van der Waals surface area contributed by atoms with Gasteiger partial charge < -0.3 is 14.8 Å². The predicted molar refractivity (Wildman–Crippen MR) is 55.4 cm³/mol. The fourth-order valence-corrected chi connectivity index (χ4v) is 3.25. The zero-order valence-electron chi connectivity index (χ0n) is 8.86. The Bertz CT molecular complexity index is 309. The van der Waals surface area contributed by atoms with Gasteiger partial charge in [-0.3, -0.25) is 0 Å². The first-order chi connectivity index (χ1) is 6.99. The Labute approximate surface area is 90.0 Å². The van der Waals surface area contributed by atoms with E-state index in [1.165, 1.54) is 0 Å². The molecule has 88 valence electrons. The van der Waals surface area contributed by atoms with Gasteiger partial charge in [-0.05, 0) is 6.92 Å². The summed E-state index contributed by atoms with van der Waals surface area (Å²) in [5, 5.41) is 3.19. The van der Waals surface area contributed by atoms with Gasteiger partial charge in [0, 0.05) is 19.0 Å². The minimum Gasteiger partial charge on any atom is -0.348 e. The van der Waals surface area contributed by atoms with Gasteiger partial charge in [0.2, 0.25) is 0 Å². The summed E-state index contributed by atoms with van der Waals surface area (Å²) in [5.41, 5.74) is 0. The molecule has 1 N–H and O–H groups in total. The van der Waals surface area contributed by atoms with E-state index in [9.17, 15) is 8.42 Å². The molecular weight excluding hydrogens is 218 g/mol. The molecular formula is C9H17NO4S. The third kappa shape index (κ3) is 2.90. The van der Waals surface area contributed by atoms with Gasteiger partial charge in [0.25, 0.3) is 0 Å². The van der Waals surface area contributed by atoms with Crippen molar-refractivity contribution >= 4 is 9.84 Å². The average Bonchev–Trinajstić information content (AvgIpc) is 2.49. The number of rotatable bonds is 4. The summed E-state index contributed by atoms with van der Waals surface area (Å²) in [6, 6.07) is 0.125. The average molecular weight is 235 g/mol. The molecule has 0 aromatic rings. The van der Waals surface area contributed by atoms with E-state index in [1.54, 1.807) is 0 Å². The second-order valence-electron chi connectivity index (χ2n) is 4.31. The molecule has 0 amide bonds. The standard InChI is InChI=1S/C9H17NO4S/c1-9(13-4-5-14-9)2-3-10-8-6-15(11,12)7-8/h8,10H,2-7H2,1H3. The number of nitrogens with one attached hydrogen (secondary N) is 1. The lowest BCUT2D eigenvalue weighted by atomic mass is 10.2. The largest absolute Gasteiger partial charge is 0.348 e. The molecule has 0 radical (unpaired) electrons. The van der Waals surface area contributed by atoms with Crippen molar-refractivity contribution in [2.24, 2.45) is 0 Å². The third-order valence-electron chi connectivity index (χ3n) is 2.82. The van der Waals surface area contributed by atoms with Crippen LogP contribution in [0.15, 0.2) is 0 Å². The highest BCUT2D eigenvalue weighted by Gasteiger charge is 2.34. The highest BCUT2D eigenvalue weighted by Crippen LogP contribution is 2.22. The predicted octanol–water partition coefficient (Wildman–Crippen LogP) is -0.474. The summed E-state index contributed by atoms with van der Waals surface area (Å²) >= 11 is 0. The van der Waals surface area contributed by atoms with E-state index < -0.39 is 15.6 Å². The van der Waals surface area contributed by atoms with Gasteiger partial charge in [0.05, 0.1) is 24.7 Å². The van der Waals surface area contributed by atoms with Crippen LogP contribution in [0.3, 0.4) is 0 Å². The molecule has 2 aliphatic rings. The lowest BCUT2D eigenvalue weighted by molar-refractivity contribution is -0.145. The van der Waals surface area contributed by atoms with E-state index in [0.717, 1.165) is 13.0 Å². The first-order valence-corrected chi connectivity index (χ1v) is 7.03. The molecule has 2 fully saturated rings. The van der Waals surface area contributed by atoms with Crippen LogP contribution in [0, 0.1) is 0 Å². The van der Waals surface area contributed by atoms with E-state index in [-0.39, 0.29) is 17.5 Å². The number of hydrogen-bond acceptors (Lipinski definition) is 5. The van der Waals surface area contributed by atoms with Crippen molar-refractivity contribution in [1.82, 2.24) is 5.32 Å².